The second kappa shape index (κ2) is 10.1. The Kier molecular flexibility index (Phi) is 7.23. The van der Waals surface area contributed by atoms with E-state index in [9.17, 15) is 0 Å². The molecule has 0 spiro atoms. The SMILES string of the molecule is CCCCCCCc1ccc(/C=C/c2nc(-c3ccccc3Cl)no2)cc1. The van der Waals surface area contributed by atoms with Gasteiger partial charge in [-0.3, -0.25) is 0 Å². The molecule has 0 unspecified atom stereocenters. The van der Waals surface area contributed by atoms with Crippen LogP contribution in [-0.4, -0.2) is 10.1 Å². The van der Waals surface area contributed by atoms with Gasteiger partial charge in [0.05, 0.1) is 5.02 Å². The predicted octanol–water partition coefficient (Wildman–Crippen LogP) is 7.07. The van der Waals surface area contributed by atoms with E-state index in [1.165, 1.54) is 37.7 Å². The Hall–Kier alpha value is -2.39. The molecular weight excluding hydrogens is 356 g/mol. The Bertz CT molecular complexity index is 868. The third-order valence-corrected chi connectivity index (χ3v) is 4.85. The number of hydrogen-bond donors (Lipinski definition) is 0. The standard InChI is InChI=1S/C23H25ClN2O/c1-2-3-4-5-6-9-18-12-14-19(15-13-18)16-17-22-25-23(26-27-22)20-10-7-8-11-21(20)24/h7-8,10-17H,2-6,9H2,1H3/b17-16+. The van der Waals surface area contributed by atoms with Crippen molar-refractivity contribution < 1.29 is 4.52 Å². The molecule has 0 saturated carbocycles. The molecule has 0 bridgehead atoms. The molecule has 0 aliphatic rings. The number of unbranched alkanes of at least 4 members (excludes halogenated alkanes) is 4. The monoisotopic (exact) mass is 380 g/mol. The summed E-state index contributed by atoms with van der Waals surface area (Å²) in [6.07, 6.45) is 11.5. The maximum atomic E-state index is 6.18. The minimum atomic E-state index is 0.463. The van der Waals surface area contributed by atoms with Crippen LogP contribution in [0.1, 0.15) is 56.0 Å². The van der Waals surface area contributed by atoms with Gasteiger partial charge in [-0.05, 0) is 42.2 Å². The van der Waals surface area contributed by atoms with Crippen LogP contribution in [0.4, 0.5) is 0 Å². The molecular formula is C23H25ClN2O. The first-order chi connectivity index (χ1) is 13.3. The van der Waals surface area contributed by atoms with E-state index < -0.39 is 0 Å². The first-order valence-corrected chi connectivity index (χ1v) is 9.99. The number of rotatable bonds is 9. The minimum absolute atomic E-state index is 0.463. The second-order valence-corrected chi connectivity index (χ2v) is 7.08. The van der Waals surface area contributed by atoms with Crippen molar-refractivity contribution in [3.8, 4) is 11.4 Å². The molecule has 0 saturated heterocycles. The molecule has 3 nitrogen and oxygen atoms in total. The normalized spacial score (nSPS) is 11.3. The van der Waals surface area contributed by atoms with Crippen LogP contribution in [0.5, 0.6) is 0 Å². The van der Waals surface area contributed by atoms with Crippen LogP contribution >= 0.6 is 11.6 Å². The Labute approximate surface area is 166 Å². The highest BCUT2D eigenvalue weighted by Gasteiger charge is 2.09. The molecule has 140 valence electrons. The fourth-order valence-corrected chi connectivity index (χ4v) is 3.17. The van der Waals surface area contributed by atoms with Gasteiger partial charge in [0.2, 0.25) is 5.82 Å². The highest BCUT2D eigenvalue weighted by atomic mass is 35.5. The number of halogens is 1. The Morgan fingerprint density at radius 2 is 1.70 bits per heavy atom. The molecule has 0 aliphatic carbocycles. The molecule has 0 radical (unpaired) electrons. The number of benzene rings is 2. The first-order valence-electron chi connectivity index (χ1n) is 9.62. The summed E-state index contributed by atoms with van der Waals surface area (Å²) in [6.45, 7) is 2.25. The third kappa shape index (κ3) is 5.80. The number of nitrogens with zero attached hydrogens (tertiary/aromatic N) is 2. The quantitative estimate of drug-likeness (QED) is 0.372. The van der Waals surface area contributed by atoms with E-state index in [1.807, 2.05) is 36.4 Å². The maximum absolute atomic E-state index is 6.18. The number of aryl methyl sites for hydroxylation is 1. The van der Waals surface area contributed by atoms with Gasteiger partial charge < -0.3 is 4.52 Å². The zero-order chi connectivity index (χ0) is 18.9. The summed E-state index contributed by atoms with van der Waals surface area (Å²) in [5.74, 6) is 0.962. The number of hydrogen-bond acceptors (Lipinski definition) is 3. The van der Waals surface area contributed by atoms with Crippen LogP contribution in [0, 0.1) is 0 Å². The largest absolute Gasteiger partial charge is 0.334 e. The molecule has 1 heterocycles. The van der Waals surface area contributed by atoms with Gasteiger partial charge in [0.15, 0.2) is 0 Å². The molecule has 3 aromatic rings. The Morgan fingerprint density at radius 3 is 2.48 bits per heavy atom. The summed E-state index contributed by atoms with van der Waals surface area (Å²) in [7, 11) is 0. The summed E-state index contributed by atoms with van der Waals surface area (Å²) in [5.41, 5.74) is 3.27. The molecule has 0 aliphatic heterocycles. The van der Waals surface area contributed by atoms with Gasteiger partial charge in [0.25, 0.3) is 5.89 Å². The van der Waals surface area contributed by atoms with Crippen molar-refractivity contribution in [3.05, 3.63) is 70.6 Å². The van der Waals surface area contributed by atoms with Gasteiger partial charge in [-0.25, -0.2) is 0 Å². The van der Waals surface area contributed by atoms with E-state index in [4.69, 9.17) is 16.1 Å². The van der Waals surface area contributed by atoms with Crippen molar-refractivity contribution in [3.63, 3.8) is 0 Å². The molecule has 4 heteroatoms. The lowest BCUT2D eigenvalue weighted by Crippen LogP contribution is -1.86. The van der Waals surface area contributed by atoms with Crippen molar-refractivity contribution in [1.29, 1.82) is 0 Å². The lowest BCUT2D eigenvalue weighted by molar-refractivity contribution is 0.411. The molecule has 27 heavy (non-hydrogen) atoms. The molecule has 0 N–H and O–H groups in total. The van der Waals surface area contributed by atoms with Crippen molar-refractivity contribution in [2.75, 3.05) is 0 Å². The minimum Gasteiger partial charge on any atom is -0.334 e. The van der Waals surface area contributed by atoms with Gasteiger partial charge in [-0.1, -0.05) is 85.8 Å². The first kappa shape index (κ1) is 19.4. The van der Waals surface area contributed by atoms with Gasteiger partial charge in [-0.2, -0.15) is 4.98 Å². The number of aromatic nitrogens is 2. The molecule has 1 aromatic heterocycles. The lowest BCUT2D eigenvalue weighted by atomic mass is 10.0. The lowest BCUT2D eigenvalue weighted by Gasteiger charge is -2.02. The predicted molar refractivity (Wildman–Crippen MR) is 113 cm³/mol. The Morgan fingerprint density at radius 1 is 0.926 bits per heavy atom. The molecule has 0 amide bonds. The fourth-order valence-electron chi connectivity index (χ4n) is 2.95. The maximum Gasteiger partial charge on any atom is 0.250 e. The van der Waals surface area contributed by atoms with Crippen LogP contribution in [-0.2, 0) is 6.42 Å². The summed E-state index contributed by atoms with van der Waals surface area (Å²) in [5, 5.41) is 4.62. The van der Waals surface area contributed by atoms with E-state index in [0.717, 1.165) is 17.5 Å². The topological polar surface area (TPSA) is 38.9 Å². The Balaban J connectivity index is 1.56. The van der Waals surface area contributed by atoms with Crippen LogP contribution in [0.2, 0.25) is 5.02 Å². The fraction of sp³-hybridized carbons (Fsp3) is 0.304. The van der Waals surface area contributed by atoms with Gasteiger partial charge in [0.1, 0.15) is 0 Å². The van der Waals surface area contributed by atoms with Gasteiger partial charge in [-0.15, -0.1) is 0 Å². The highest BCUT2D eigenvalue weighted by Crippen LogP contribution is 2.25. The van der Waals surface area contributed by atoms with E-state index in [2.05, 4.69) is 41.3 Å². The van der Waals surface area contributed by atoms with E-state index in [-0.39, 0.29) is 0 Å². The van der Waals surface area contributed by atoms with E-state index in [0.29, 0.717) is 16.7 Å². The third-order valence-electron chi connectivity index (χ3n) is 4.52. The second-order valence-electron chi connectivity index (χ2n) is 6.68. The summed E-state index contributed by atoms with van der Waals surface area (Å²) >= 11 is 6.18. The van der Waals surface area contributed by atoms with Crippen LogP contribution in [0.15, 0.2) is 53.1 Å². The van der Waals surface area contributed by atoms with Crippen molar-refractivity contribution in [2.45, 2.75) is 45.4 Å². The smallest absolute Gasteiger partial charge is 0.250 e. The summed E-state index contributed by atoms with van der Waals surface area (Å²) < 4.78 is 5.30. The molecule has 0 atom stereocenters. The summed E-state index contributed by atoms with van der Waals surface area (Å²) in [6, 6.07) is 16.1. The zero-order valence-corrected chi connectivity index (χ0v) is 16.5. The zero-order valence-electron chi connectivity index (χ0n) is 15.7. The van der Waals surface area contributed by atoms with E-state index in [1.54, 1.807) is 0 Å². The summed E-state index contributed by atoms with van der Waals surface area (Å²) in [4.78, 5) is 4.39. The molecule has 3 rings (SSSR count). The highest BCUT2D eigenvalue weighted by molar-refractivity contribution is 6.33. The van der Waals surface area contributed by atoms with Crippen LogP contribution in [0.3, 0.4) is 0 Å². The van der Waals surface area contributed by atoms with Crippen molar-refractivity contribution >= 4 is 23.8 Å². The van der Waals surface area contributed by atoms with E-state index >= 15 is 0 Å². The molecule has 2 aromatic carbocycles. The van der Waals surface area contributed by atoms with Gasteiger partial charge >= 0.3 is 0 Å². The van der Waals surface area contributed by atoms with Gasteiger partial charge in [0, 0.05) is 11.6 Å². The molecule has 0 fully saturated rings. The average Bonchev–Trinajstić information content (AvgIpc) is 3.16. The van der Waals surface area contributed by atoms with Crippen molar-refractivity contribution in [2.24, 2.45) is 0 Å². The van der Waals surface area contributed by atoms with Crippen LogP contribution in [0.25, 0.3) is 23.5 Å². The van der Waals surface area contributed by atoms with Crippen LogP contribution < -0.4 is 0 Å². The average molecular weight is 381 g/mol. The van der Waals surface area contributed by atoms with Crippen molar-refractivity contribution in [1.82, 2.24) is 10.1 Å².